The monoisotopic (exact) mass is 292 g/mol. The highest BCUT2D eigenvalue weighted by Crippen LogP contribution is 2.47. The van der Waals surface area contributed by atoms with Gasteiger partial charge in [-0.05, 0) is 42.7 Å². The Hall–Kier alpha value is -2.93. The molecule has 22 heavy (non-hydrogen) atoms. The normalized spacial score (nSPS) is 16.7. The number of aryl methyl sites for hydroxylation is 2. The lowest BCUT2D eigenvalue weighted by atomic mass is 9.81. The molecule has 0 saturated carbocycles. The van der Waals surface area contributed by atoms with Crippen molar-refractivity contribution in [2.45, 2.75) is 19.8 Å². The molecule has 1 aliphatic heterocycles. The summed E-state index contributed by atoms with van der Waals surface area (Å²) in [6, 6.07) is 13.4. The number of nitrogens with two attached hydrogens (primary N) is 1. The average molecular weight is 292 g/mol. The zero-order chi connectivity index (χ0) is 15.9. The Morgan fingerprint density at radius 1 is 1.23 bits per heavy atom. The van der Waals surface area contributed by atoms with E-state index in [0.717, 1.165) is 16.7 Å². The Balaban J connectivity index is 2.33. The lowest BCUT2D eigenvalue weighted by Crippen LogP contribution is -2.21. The molecule has 0 bridgehead atoms. The highest BCUT2D eigenvalue weighted by Gasteiger charge is 2.33. The number of aromatic hydroxyl groups is 1. The largest absolute Gasteiger partial charge is 0.507 e. The van der Waals surface area contributed by atoms with Crippen LogP contribution in [-0.2, 0) is 0 Å². The number of fused-ring (bicyclic) bond motifs is 1. The molecule has 0 aromatic heterocycles. The van der Waals surface area contributed by atoms with Gasteiger partial charge in [0.2, 0.25) is 5.88 Å². The van der Waals surface area contributed by atoms with Gasteiger partial charge in [0.25, 0.3) is 0 Å². The predicted molar refractivity (Wildman–Crippen MR) is 83.3 cm³/mol. The van der Waals surface area contributed by atoms with Crippen LogP contribution < -0.4 is 10.5 Å². The molecule has 110 valence electrons. The van der Waals surface area contributed by atoms with Crippen LogP contribution in [-0.4, -0.2) is 5.11 Å². The van der Waals surface area contributed by atoms with E-state index in [2.05, 4.69) is 6.07 Å². The van der Waals surface area contributed by atoms with E-state index in [1.54, 1.807) is 6.07 Å². The molecular weight excluding hydrogens is 276 g/mol. The van der Waals surface area contributed by atoms with Crippen LogP contribution in [0, 0.1) is 25.2 Å². The van der Waals surface area contributed by atoms with E-state index in [-0.39, 0.29) is 11.6 Å². The Morgan fingerprint density at radius 2 is 1.95 bits per heavy atom. The summed E-state index contributed by atoms with van der Waals surface area (Å²) in [5.41, 5.74) is 9.68. The Bertz CT molecular complexity index is 831. The maximum Gasteiger partial charge on any atom is 0.205 e. The minimum Gasteiger partial charge on any atom is -0.507 e. The topological polar surface area (TPSA) is 79.3 Å². The van der Waals surface area contributed by atoms with E-state index in [9.17, 15) is 10.4 Å². The molecule has 0 radical (unpaired) electrons. The first-order valence-corrected chi connectivity index (χ1v) is 6.99. The molecule has 4 heteroatoms. The highest BCUT2D eigenvalue weighted by atomic mass is 16.5. The van der Waals surface area contributed by atoms with E-state index < -0.39 is 5.92 Å². The predicted octanol–water partition coefficient (Wildman–Crippen LogP) is 3.23. The summed E-state index contributed by atoms with van der Waals surface area (Å²) in [7, 11) is 0. The standard InChI is InChI=1S/C18H16N2O2/c1-10-7-14(21)17-15(8-10)22-18(20)13(9-19)16(17)12-6-4-3-5-11(12)2/h3-8,16,21H,20H2,1-2H3. The summed E-state index contributed by atoms with van der Waals surface area (Å²) in [4.78, 5) is 0. The third-order valence-electron chi connectivity index (χ3n) is 3.95. The van der Waals surface area contributed by atoms with Crippen molar-refractivity contribution in [1.29, 1.82) is 5.26 Å². The number of allylic oxidation sites excluding steroid dienone is 1. The van der Waals surface area contributed by atoms with Crippen molar-refractivity contribution in [3.05, 3.63) is 70.1 Å². The Labute approximate surface area is 129 Å². The molecule has 1 atom stereocenters. The number of phenolic OH excluding ortho intramolecular Hbond substituents is 1. The fraction of sp³-hybridized carbons (Fsp3) is 0.167. The summed E-state index contributed by atoms with van der Waals surface area (Å²) in [5, 5.41) is 19.9. The molecule has 0 saturated heterocycles. The summed E-state index contributed by atoms with van der Waals surface area (Å²) < 4.78 is 5.56. The summed E-state index contributed by atoms with van der Waals surface area (Å²) in [6.07, 6.45) is 0. The summed E-state index contributed by atoms with van der Waals surface area (Å²) in [5.74, 6) is 0.287. The smallest absolute Gasteiger partial charge is 0.205 e. The van der Waals surface area contributed by atoms with Gasteiger partial charge in [-0.25, -0.2) is 0 Å². The van der Waals surface area contributed by atoms with Gasteiger partial charge in [0.05, 0.1) is 5.92 Å². The minimum atomic E-state index is -0.421. The molecule has 1 heterocycles. The van der Waals surface area contributed by atoms with E-state index >= 15 is 0 Å². The lowest BCUT2D eigenvalue weighted by Gasteiger charge is -2.28. The third-order valence-corrected chi connectivity index (χ3v) is 3.95. The highest BCUT2D eigenvalue weighted by molar-refractivity contribution is 5.62. The number of hydrogen-bond donors (Lipinski definition) is 2. The van der Waals surface area contributed by atoms with Crippen molar-refractivity contribution in [2.24, 2.45) is 5.73 Å². The molecule has 1 aliphatic rings. The molecule has 1 unspecified atom stereocenters. The van der Waals surface area contributed by atoms with Gasteiger partial charge in [-0.3, -0.25) is 0 Å². The average Bonchev–Trinajstić information content (AvgIpc) is 2.46. The van der Waals surface area contributed by atoms with Crippen molar-refractivity contribution >= 4 is 0 Å². The number of benzene rings is 2. The van der Waals surface area contributed by atoms with Crippen molar-refractivity contribution in [1.82, 2.24) is 0 Å². The molecule has 3 N–H and O–H groups in total. The zero-order valence-electron chi connectivity index (χ0n) is 12.4. The second-order valence-corrected chi connectivity index (χ2v) is 5.48. The number of nitriles is 1. The van der Waals surface area contributed by atoms with E-state index in [1.807, 2.05) is 44.2 Å². The molecular formula is C18H16N2O2. The van der Waals surface area contributed by atoms with Crippen molar-refractivity contribution in [3.63, 3.8) is 0 Å². The zero-order valence-corrected chi connectivity index (χ0v) is 12.4. The molecule has 3 rings (SSSR count). The van der Waals surface area contributed by atoms with Crippen molar-refractivity contribution in [2.75, 3.05) is 0 Å². The van der Waals surface area contributed by atoms with Crippen molar-refractivity contribution < 1.29 is 9.84 Å². The molecule has 0 fully saturated rings. The molecule has 0 aliphatic carbocycles. The summed E-state index contributed by atoms with van der Waals surface area (Å²) in [6.45, 7) is 3.84. The van der Waals surface area contributed by atoms with Crippen LogP contribution in [0.2, 0.25) is 0 Å². The van der Waals surface area contributed by atoms with Crippen LogP contribution in [0.3, 0.4) is 0 Å². The number of hydrogen-bond acceptors (Lipinski definition) is 4. The minimum absolute atomic E-state index is 0.0910. The van der Waals surface area contributed by atoms with Gasteiger partial charge in [-0.1, -0.05) is 24.3 Å². The van der Waals surface area contributed by atoms with Crippen LogP contribution in [0.15, 0.2) is 47.9 Å². The molecule has 0 amide bonds. The number of phenols is 1. The fourth-order valence-corrected chi connectivity index (χ4v) is 2.92. The van der Waals surface area contributed by atoms with E-state index in [1.165, 1.54) is 0 Å². The van der Waals surface area contributed by atoms with Crippen LogP contribution in [0.5, 0.6) is 11.5 Å². The van der Waals surface area contributed by atoms with E-state index in [0.29, 0.717) is 16.9 Å². The van der Waals surface area contributed by atoms with Gasteiger partial charge in [0.15, 0.2) is 0 Å². The van der Waals surface area contributed by atoms with Gasteiger partial charge >= 0.3 is 0 Å². The maximum absolute atomic E-state index is 10.4. The third kappa shape index (κ3) is 2.08. The molecule has 2 aromatic carbocycles. The van der Waals surface area contributed by atoms with Crippen LogP contribution in [0.1, 0.15) is 28.2 Å². The van der Waals surface area contributed by atoms with Crippen LogP contribution in [0.4, 0.5) is 0 Å². The first kappa shape index (κ1) is 14.0. The van der Waals surface area contributed by atoms with Gasteiger partial charge in [-0.2, -0.15) is 5.26 Å². The second kappa shape index (κ2) is 5.12. The number of ether oxygens (including phenoxy) is 1. The Kier molecular flexibility index (Phi) is 3.26. The van der Waals surface area contributed by atoms with Gasteiger partial charge < -0.3 is 15.6 Å². The van der Waals surface area contributed by atoms with Gasteiger partial charge in [-0.15, -0.1) is 0 Å². The van der Waals surface area contributed by atoms with E-state index in [4.69, 9.17) is 10.5 Å². The second-order valence-electron chi connectivity index (χ2n) is 5.48. The van der Waals surface area contributed by atoms with Crippen LogP contribution >= 0.6 is 0 Å². The number of rotatable bonds is 1. The quantitative estimate of drug-likeness (QED) is 0.845. The SMILES string of the molecule is Cc1cc(O)c2c(c1)OC(N)=C(C#N)C2c1ccccc1C. The first-order chi connectivity index (χ1) is 10.5. The van der Waals surface area contributed by atoms with Crippen molar-refractivity contribution in [3.8, 4) is 17.6 Å². The summed E-state index contributed by atoms with van der Waals surface area (Å²) >= 11 is 0. The van der Waals surface area contributed by atoms with Gasteiger partial charge in [0, 0.05) is 5.56 Å². The number of nitrogens with zero attached hydrogens (tertiary/aromatic N) is 1. The molecule has 2 aromatic rings. The maximum atomic E-state index is 10.4. The molecule has 0 spiro atoms. The first-order valence-electron chi connectivity index (χ1n) is 6.99. The fourth-order valence-electron chi connectivity index (χ4n) is 2.92. The Morgan fingerprint density at radius 3 is 2.64 bits per heavy atom. The van der Waals surface area contributed by atoms with Gasteiger partial charge in [0.1, 0.15) is 23.1 Å². The van der Waals surface area contributed by atoms with Crippen LogP contribution in [0.25, 0.3) is 0 Å². The lowest BCUT2D eigenvalue weighted by molar-refractivity contribution is 0.382. The molecule has 4 nitrogen and oxygen atoms in total.